The Balaban J connectivity index is 1.34. The third-order valence-electron chi connectivity index (χ3n) is 6.02. The summed E-state index contributed by atoms with van der Waals surface area (Å²) < 4.78 is 1.84. The van der Waals surface area contributed by atoms with Crippen LogP contribution in [0.3, 0.4) is 0 Å². The summed E-state index contributed by atoms with van der Waals surface area (Å²) in [4.78, 5) is 13.4. The van der Waals surface area contributed by atoms with Crippen LogP contribution in [-0.4, -0.2) is 50.9 Å². The lowest BCUT2D eigenvalue weighted by Gasteiger charge is -2.43. The molecule has 2 aliphatic carbocycles. The lowest BCUT2D eigenvalue weighted by Crippen LogP contribution is -2.54. The molecule has 1 heterocycles. The fourth-order valence-corrected chi connectivity index (χ4v) is 4.13. The molecule has 6 heteroatoms. The molecule has 0 radical (unpaired) electrons. The van der Waals surface area contributed by atoms with E-state index in [-0.39, 0.29) is 6.54 Å². The van der Waals surface area contributed by atoms with Crippen molar-refractivity contribution in [3.63, 3.8) is 0 Å². The van der Waals surface area contributed by atoms with Gasteiger partial charge in [-0.3, -0.25) is 14.4 Å². The van der Waals surface area contributed by atoms with Crippen LogP contribution in [0.15, 0.2) is 30.6 Å². The fourth-order valence-electron chi connectivity index (χ4n) is 4.13. The Labute approximate surface area is 166 Å². The minimum Gasteiger partial charge on any atom is -0.480 e. The van der Waals surface area contributed by atoms with Crippen LogP contribution in [-0.2, 0) is 18.4 Å². The van der Waals surface area contributed by atoms with Crippen LogP contribution in [0, 0.1) is 12.8 Å². The van der Waals surface area contributed by atoms with Gasteiger partial charge >= 0.3 is 5.97 Å². The number of carbonyl (C=O) groups is 1. The number of nitrogens with zero attached hydrogens (tertiary/aromatic N) is 3. The van der Waals surface area contributed by atoms with Gasteiger partial charge in [0.1, 0.15) is 0 Å². The van der Waals surface area contributed by atoms with Crippen molar-refractivity contribution in [3.05, 3.63) is 41.7 Å². The maximum atomic E-state index is 11.2. The number of rotatable bonds is 9. The Morgan fingerprint density at radius 2 is 2.14 bits per heavy atom. The van der Waals surface area contributed by atoms with Crippen molar-refractivity contribution in [2.24, 2.45) is 13.0 Å². The van der Waals surface area contributed by atoms with E-state index in [1.165, 1.54) is 29.5 Å². The summed E-state index contributed by atoms with van der Waals surface area (Å²) in [6.07, 6.45) is 8.56. The highest BCUT2D eigenvalue weighted by Gasteiger charge is 2.36. The average Bonchev–Trinajstić information content (AvgIpc) is 3.31. The number of hydrogen-bond acceptors (Lipinski definition) is 4. The molecule has 2 aromatic rings. The molecule has 4 rings (SSSR count). The van der Waals surface area contributed by atoms with Crippen molar-refractivity contribution >= 4 is 5.97 Å². The molecule has 0 amide bonds. The van der Waals surface area contributed by atoms with Gasteiger partial charge < -0.3 is 10.4 Å². The molecule has 0 aliphatic heterocycles. The number of aromatic nitrogens is 2. The Morgan fingerprint density at radius 3 is 2.79 bits per heavy atom. The fraction of sp³-hybridized carbons (Fsp3) is 0.545. The minimum atomic E-state index is -0.710. The number of nitrogens with one attached hydrogen (secondary N) is 1. The smallest absolute Gasteiger partial charge is 0.317 e. The molecule has 0 atom stereocenters. The minimum absolute atomic E-state index is 0.178. The molecule has 150 valence electrons. The maximum absolute atomic E-state index is 11.2. The second-order valence-corrected chi connectivity index (χ2v) is 8.53. The van der Waals surface area contributed by atoms with E-state index in [1.807, 2.05) is 17.9 Å². The zero-order valence-electron chi connectivity index (χ0n) is 16.8. The first-order valence-electron chi connectivity index (χ1n) is 10.3. The van der Waals surface area contributed by atoms with E-state index >= 15 is 0 Å². The summed E-state index contributed by atoms with van der Waals surface area (Å²) in [6, 6.07) is 7.45. The van der Waals surface area contributed by atoms with E-state index in [0.29, 0.717) is 12.1 Å². The average molecular weight is 383 g/mol. The number of hydrogen-bond donors (Lipinski definition) is 2. The van der Waals surface area contributed by atoms with Crippen molar-refractivity contribution in [1.29, 1.82) is 0 Å². The first-order chi connectivity index (χ1) is 13.5. The molecule has 0 bridgehead atoms. The van der Waals surface area contributed by atoms with Gasteiger partial charge in [-0.2, -0.15) is 5.10 Å². The molecule has 0 saturated heterocycles. The Kier molecular flexibility index (Phi) is 5.51. The predicted molar refractivity (Wildman–Crippen MR) is 109 cm³/mol. The van der Waals surface area contributed by atoms with Crippen molar-refractivity contribution in [3.8, 4) is 11.1 Å². The summed E-state index contributed by atoms with van der Waals surface area (Å²) in [6.45, 7) is 4.07. The molecule has 2 saturated carbocycles. The molecule has 0 unspecified atom stereocenters. The van der Waals surface area contributed by atoms with Gasteiger partial charge in [-0.25, -0.2) is 0 Å². The monoisotopic (exact) mass is 382 g/mol. The van der Waals surface area contributed by atoms with E-state index in [0.717, 1.165) is 37.4 Å². The van der Waals surface area contributed by atoms with Crippen LogP contribution in [0.5, 0.6) is 0 Å². The summed E-state index contributed by atoms with van der Waals surface area (Å²) in [7, 11) is 1.94. The van der Waals surface area contributed by atoms with Crippen LogP contribution >= 0.6 is 0 Å². The Hall–Kier alpha value is -2.18. The first-order valence-corrected chi connectivity index (χ1v) is 10.3. The topological polar surface area (TPSA) is 70.4 Å². The number of aliphatic carboxylic acids is 1. The third kappa shape index (κ3) is 4.62. The highest BCUT2D eigenvalue weighted by atomic mass is 16.4. The molecule has 2 N–H and O–H groups in total. The van der Waals surface area contributed by atoms with Gasteiger partial charge in [0, 0.05) is 44.0 Å². The summed E-state index contributed by atoms with van der Waals surface area (Å²) in [5.74, 6) is 0.0128. The van der Waals surface area contributed by atoms with Gasteiger partial charge in [0.15, 0.2) is 0 Å². The van der Waals surface area contributed by atoms with Gasteiger partial charge in [0.05, 0.1) is 12.7 Å². The van der Waals surface area contributed by atoms with Crippen LogP contribution < -0.4 is 5.32 Å². The van der Waals surface area contributed by atoms with E-state index in [4.69, 9.17) is 0 Å². The van der Waals surface area contributed by atoms with Gasteiger partial charge in [-0.05, 0) is 49.7 Å². The normalized spacial score (nSPS) is 21.7. The molecule has 2 aliphatic rings. The quantitative estimate of drug-likeness (QED) is 0.698. The summed E-state index contributed by atoms with van der Waals surface area (Å²) in [5.41, 5.74) is 4.90. The Morgan fingerprint density at radius 1 is 1.36 bits per heavy atom. The largest absolute Gasteiger partial charge is 0.480 e. The molecule has 2 fully saturated rings. The van der Waals surface area contributed by atoms with E-state index < -0.39 is 5.97 Å². The van der Waals surface area contributed by atoms with Crippen LogP contribution in [0.4, 0.5) is 0 Å². The number of carboxylic acids is 1. The van der Waals surface area contributed by atoms with Gasteiger partial charge in [-0.1, -0.05) is 23.8 Å². The third-order valence-corrected chi connectivity index (χ3v) is 6.02. The number of aryl methyl sites for hydroxylation is 2. The van der Waals surface area contributed by atoms with Crippen molar-refractivity contribution in [1.82, 2.24) is 20.0 Å². The van der Waals surface area contributed by atoms with Gasteiger partial charge in [-0.15, -0.1) is 0 Å². The number of benzene rings is 1. The maximum Gasteiger partial charge on any atom is 0.317 e. The molecule has 1 aromatic heterocycles. The van der Waals surface area contributed by atoms with Gasteiger partial charge in [0.25, 0.3) is 0 Å². The number of carboxylic acid groups (broad SMARTS) is 1. The second-order valence-electron chi connectivity index (χ2n) is 8.53. The van der Waals surface area contributed by atoms with Crippen molar-refractivity contribution in [2.45, 2.75) is 51.2 Å². The van der Waals surface area contributed by atoms with Crippen LogP contribution in [0.25, 0.3) is 11.1 Å². The molecule has 6 nitrogen and oxygen atoms in total. The molecule has 0 spiro atoms. The van der Waals surface area contributed by atoms with Crippen LogP contribution in [0.1, 0.15) is 36.8 Å². The highest BCUT2D eigenvalue weighted by molar-refractivity contribution is 5.69. The Bertz CT molecular complexity index is 837. The van der Waals surface area contributed by atoms with E-state index in [9.17, 15) is 9.90 Å². The van der Waals surface area contributed by atoms with Crippen molar-refractivity contribution < 1.29 is 9.90 Å². The molecular weight excluding hydrogens is 352 g/mol. The first kappa shape index (κ1) is 19.2. The second kappa shape index (κ2) is 8.05. The summed E-state index contributed by atoms with van der Waals surface area (Å²) in [5, 5.41) is 17.2. The van der Waals surface area contributed by atoms with E-state index in [1.54, 1.807) is 0 Å². The molecule has 1 aromatic carbocycles. The SMILES string of the molecule is Cc1ccc(CNC2CC(N(CC(=O)O)CC3CC3)C2)c(-c2cnn(C)c2)c1. The molecular formula is C22H30N4O2. The standard InChI is InChI=1S/C22H30N4O2/c1-15-3-6-17(21(7-15)18-11-24-25(2)13-18)10-23-19-8-20(9-19)26(14-22(27)28)12-16-4-5-16/h3,6-7,11,13,16,19-20,23H,4-5,8-10,12,14H2,1-2H3,(H,27,28). The lowest BCUT2D eigenvalue weighted by atomic mass is 9.85. The zero-order chi connectivity index (χ0) is 19.7. The predicted octanol–water partition coefficient (Wildman–Crippen LogP) is 2.81. The van der Waals surface area contributed by atoms with E-state index in [2.05, 4.69) is 46.6 Å². The summed E-state index contributed by atoms with van der Waals surface area (Å²) >= 11 is 0. The molecule has 28 heavy (non-hydrogen) atoms. The lowest BCUT2D eigenvalue weighted by molar-refractivity contribution is -0.139. The van der Waals surface area contributed by atoms with Crippen LogP contribution in [0.2, 0.25) is 0 Å². The zero-order valence-corrected chi connectivity index (χ0v) is 16.8. The highest BCUT2D eigenvalue weighted by Crippen LogP contribution is 2.34. The van der Waals surface area contributed by atoms with Gasteiger partial charge in [0.2, 0.25) is 0 Å². The van der Waals surface area contributed by atoms with Crippen molar-refractivity contribution in [2.75, 3.05) is 13.1 Å².